The van der Waals surface area contributed by atoms with Crippen molar-refractivity contribution in [3.63, 3.8) is 0 Å². The second-order valence-electron chi connectivity index (χ2n) is 3.96. The lowest BCUT2D eigenvalue weighted by Crippen LogP contribution is -2.34. The second-order valence-corrected chi connectivity index (χ2v) is 3.96. The number of hydrogen-bond donors (Lipinski definition) is 1. The van der Waals surface area contributed by atoms with E-state index in [2.05, 4.69) is 17.2 Å². The van der Waals surface area contributed by atoms with Gasteiger partial charge < -0.3 is 5.32 Å². The summed E-state index contributed by atoms with van der Waals surface area (Å²) in [7, 11) is 0. The van der Waals surface area contributed by atoms with Crippen LogP contribution in [0, 0.1) is 11.9 Å². The van der Waals surface area contributed by atoms with Gasteiger partial charge in [-0.05, 0) is 30.9 Å². The van der Waals surface area contributed by atoms with E-state index in [9.17, 15) is 4.39 Å². The van der Waals surface area contributed by atoms with E-state index in [1.807, 2.05) is 0 Å². The molecule has 1 heterocycles. The maximum absolute atomic E-state index is 12.5. The summed E-state index contributed by atoms with van der Waals surface area (Å²) >= 11 is 0. The predicted octanol–water partition coefficient (Wildman–Crippen LogP) is 2.82. The van der Waals surface area contributed by atoms with Crippen LogP contribution in [0.1, 0.15) is 26.2 Å². The molecule has 1 aromatic rings. The first-order valence-corrected chi connectivity index (χ1v) is 5.16. The quantitative estimate of drug-likeness (QED) is 0.748. The molecule has 1 saturated carbocycles. The summed E-state index contributed by atoms with van der Waals surface area (Å²) in [6.45, 7) is 2.22. The molecule has 0 aliphatic heterocycles. The number of halogens is 1. The molecule has 1 fully saturated rings. The molecule has 0 spiro atoms. The normalized spacial score (nSPS) is 25.6. The van der Waals surface area contributed by atoms with Crippen LogP contribution in [-0.4, -0.2) is 11.0 Å². The molecule has 0 amide bonds. The van der Waals surface area contributed by atoms with Crippen LogP contribution < -0.4 is 5.32 Å². The molecule has 0 atom stereocenters. The van der Waals surface area contributed by atoms with Crippen molar-refractivity contribution in [1.29, 1.82) is 0 Å². The topological polar surface area (TPSA) is 24.9 Å². The highest BCUT2D eigenvalue weighted by atomic mass is 19.1. The van der Waals surface area contributed by atoms with Gasteiger partial charge in [-0.15, -0.1) is 0 Å². The Balaban J connectivity index is 1.84. The zero-order valence-electron chi connectivity index (χ0n) is 8.33. The zero-order valence-corrected chi connectivity index (χ0v) is 8.33. The van der Waals surface area contributed by atoms with E-state index in [1.54, 1.807) is 12.3 Å². The van der Waals surface area contributed by atoms with Crippen LogP contribution in [0.25, 0.3) is 0 Å². The van der Waals surface area contributed by atoms with E-state index < -0.39 is 5.95 Å². The van der Waals surface area contributed by atoms with Crippen LogP contribution in [0.3, 0.4) is 0 Å². The largest absolute Gasteiger partial charge is 0.381 e. The third-order valence-electron chi connectivity index (χ3n) is 2.91. The number of nitrogens with one attached hydrogen (secondary N) is 1. The number of anilines is 1. The molecule has 1 aliphatic rings. The highest BCUT2D eigenvalue weighted by molar-refractivity contribution is 5.41. The van der Waals surface area contributed by atoms with E-state index in [0.717, 1.165) is 11.6 Å². The third-order valence-corrected chi connectivity index (χ3v) is 2.91. The average Bonchev–Trinajstić information content (AvgIpc) is 2.13. The van der Waals surface area contributed by atoms with Crippen molar-refractivity contribution < 1.29 is 4.39 Å². The fourth-order valence-electron chi connectivity index (χ4n) is 1.88. The molecular weight excluding hydrogens is 179 g/mol. The minimum Gasteiger partial charge on any atom is -0.381 e. The second kappa shape index (κ2) is 3.95. The Morgan fingerprint density at radius 1 is 1.50 bits per heavy atom. The summed E-state index contributed by atoms with van der Waals surface area (Å²) in [4.78, 5) is 3.60. The number of rotatable bonds is 3. The fraction of sp³-hybridized carbons (Fsp3) is 0.545. The summed E-state index contributed by atoms with van der Waals surface area (Å²) in [5.41, 5.74) is 0.922. The zero-order chi connectivity index (χ0) is 9.97. The van der Waals surface area contributed by atoms with Crippen LogP contribution >= 0.6 is 0 Å². The summed E-state index contributed by atoms with van der Waals surface area (Å²) in [6, 6.07) is 3.69. The van der Waals surface area contributed by atoms with Gasteiger partial charge in [-0.1, -0.05) is 13.3 Å². The first-order valence-electron chi connectivity index (χ1n) is 5.16. The van der Waals surface area contributed by atoms with Gasteiger partial charge in [-0.3, -0.25) is 0 Å². The fourth-order valence-corrected chi connectivity index (χ4v) is 1.88. The van der Waals surface area contributed by atoms with Crippen molar-refractivity contribution in [2.75, 3.05) is 5.32 Å². The van der Waals surface area contributed by atoms with Crippen molar-refractivity contribution >= 4 is 5.69 Å². The van der Waals surface area contributed by atoms with Crippen LogP contribution in [0.5, 0.6) is 0 Å². The first kappa shape index (κ1) is 9.44. The molecule has 1 aromatic heterocycles. The molecule has 1 N–H and O–H groups in total. The molecule has 0 aromatic carbocycles. The Kier molecular flexibility index (Phi) is 2.66. The van der Waals surface area contributed by atoms with Crippen LogP contribution in [0.2, 0.25) is 0 Å². The Bertz CT molecular complexity index is 291. The highest BCUT2D eigenvalue weighted by Crippen LogP contribution is 2.32. The maximum atomic E-state index is 12.5. The Labute approximate surface area is 83.6 Å². The number of aromatic nitrogens is 1. The lowest BCUT2D eigenvalue weighted by Gasteiger charge is -2.35. The van der Waals surface area contributed by atoms with Crippen molar-refractivity contribution in [2.45, 2.75) is 32.2 Å². The molecule has 14 heavy (non-hydrogen) atoms. The van der Waals surface area contributed by atoms with Gasteiger partial charge in [0.05, 0.1) is 11.9 Å². The molecule has 3 heteroatoms. The molecular formula is C11H15FN2. The third kappa shape index (κ3) is 2.03. The van der Waals surface area contributed by atoms with E-state index >= 15 is 0 Å². The van der Waals surface area contributed by atoms with Gasteiger partial charge in [-0.25, -0.2) is 4.98 Å². The minimum atomic E-state index is -0.421. The van der Waals surface area contributed by atoms with Gasteiger partial charge in [0.15, 0.2) is 0 Å². The monoisotopic (exact) mass is 194 g/mol. The lowest BCUT2D eigenvalue weighted by atomic mass is 9.78. The average molecular weight is 194 g/mol. The first-order chi connectivity index (χ1) is 6.78. The van der Waals surface area contributed by atoms with Gasteiger partial charge in [-0.2, -0.15) is 4.39 Å². The van der Waals surface area contributed by atoms with Crippen molar-refractivity contribution in [1.82, 2.24) is 4.98 Å². The number of hydrogen-bond acceptors (Lipinski definition) is 2. The van der Waals surface area contributed by atoms with E-state index in [-0.39, 0.29) is 0 Å². The Hall–Kier alpha value is -1.12. The minimum absolute atomic E-state index is 0.421. The molecule has 2 rings (SSSR count). The van der Waals surface area contributed by atoms with Crippen LogP contribution in [0.15, 0.2) is 18.3 Å². The standard InChI is InChI=1S/C11H15FN2/c1-2-8-5-10(6-8)14-9-3-4-11(12)13-7-9/h3-4,7-8,10,14H,2,5-6H2,1H3. The summed E-state index contributed by atoms with van der Waals surface area (Å²) in [5.74, 6) is 0.455. The van der Waals surface area contributed by atoms with E-state index in [1.165, 1.54) is 25.3 Å². The van der Waals surface area contributed by atoms with Gasteiger partial charge >= 0.3 is 0 Å². The Morgan fingerprint density at radius 3 is 2.86 bits per heavy atom. The molecule has 0 radical (unpaired) electrons. The van der Waals surface area contributed by atoms with Crippen molar-refractivity contribution in [3.8, 4) is 0 Å². The Morgan fingerprint density at radius 2 is 2.29 bits per heavy atom. The smallest absolute Gasteiger partial charge is 0.212 e. The van der Waals surface area contributed by atoms with Crippen LogP contribution in [0.4, 0.5) is 10.1 Å². The summed E-state index contributed by atoms with van der Waals surface area (Å²) in [5, 5.41) is 3.34. The number of nitrogens with zero attached hydrogens (tertiary/aromatic N) is 1. The summed E-state index contributed by atoms with van der Waals surface area (Å²) < 4.78 is 12.5. The van der Waals surface area contributed by atoms with Gasteiger partial charge in [0.1, 0.15) is 0 Å². The molecule has 0 unspecified atom stereocenters. The molecule has 1 aliphatic carbocycles. The predicted molar refractivity (Wildman–Crippen MR) is 54.6 cm³/mol. The van der Waals surface area contributed by atoms with E-state index in [4.69, 9.17) is 0 Å². The number of pyridine rings is 1. The lowest BCUT2D eigenvalue weighted by molar-refractivity contribution is 0.275. The van der Waals surface area contributed by atoms with Crippen molar-refractivity contribution in [2.24, 2.45) is 5.92 Å². The van der Waals surface area contributed by atoms with Gasteiger partial charge in [0.2, 0.25) is 5.95 Å². The van der Waals surface area contributed by atoms with Gasteiger partial charge in [0.25, 0.3) is 0 Å². The molecule has 0 bridgehead atoms. The highest BCUT2D eigenvalue weighted by Gasteiger charge is 2.27. The van der Waals surface area contributed by atoms with E-state index in [0.29, 0.717) is 6.04 Å². The molecule has 2 nitrogen and oxygen atoms in total. The van der Waals surface area contributed by atoms with Crippen molar-refractivity contribution in [3.05, 3.63) is 24.3 Å². The summed E-state index contributed by atoms with van der Waals surface area (Å²) in [6.07, 6.45) is 5.27. The molecule has 76 valence electrons. The van der Waals surface area contributed by atoms with Gasteiger partial charge in [0, 0.05) is 6.04 Å². The SMILES string of the molecule is CCC1CC(Nc2ccc(F)nc2)C1. The van der Waals surface area contributed by atoms with Crippen LogP contribution in [-0.2, 0) is 0 Å². The maximum Gasteiger partial charge on any atom is 0.212 e. The molecule has 0 saturated heterocycles.